The number of thiazole rings is 1. The van der Waals surface area contributed by atoms with Gasteiger partial charge in [-0.05, 0) is 31.9 Å². The van der Waals surface area contributed by atoms with E-state index in [2.05, 4.69) is 4.98 Å². The highest BCUT2D eigenvalue weighted by Crippen LogP contribution is 2.49. The van der Waals surface area contributed by atoms with E-state index < -0.39 is 11.4 Å². The second-order valence-corrected chi connectivity index (χ2v) is 5.74. The first-order valence-corrected chi connectivity index (χ1v) is 6.72. The molecule has 0 radical (unpaired) electrons. The number of rotatable bonds is 4. The van der Waals surface area contributed by atoms with Crippen LogP contribution >= 0.6 is 11.3 Å². The first-order valence-electron chi connectivity index (χ1n) is 5.84. The average molecular weight is 263 g/mol. The third-order valence-corrected chi connectivity index (χ3v) is 4.19. The Hall–Kier alpha value is -1.62. The van der Waals surface area contributed by atoms with Crippen molar-refractivity contribution in [1.29, 1.82) is 0 Å². The van der Waals surface area contributed by atoms with E-state index in [0.717, 1.165) is 35.1 Å². The fourth-order valence-electron chi connectivity index (χ4n) is 1.98. The Morgan fingerprint density at radius 1 is 1.56 bits per heavy atom. The Balaban J connectivity index is 1.80. The summed E-state index contributed by atoms with van der Waals surface area (Å²) < 4.78 is 5.50. The number of carboxylic acid groups (broad SMARTS) is 1. The van der Waals surface area contributed by atoms with Crippen LogP contribution in [0.2, 0.25) is 0 Å². The van der Waals surface area contributed by atoms with E-state index in [1.165, 1.54) is 11.3 Å². The molecule has 2 aromatic heterocycles. The summed E-state index contributed by atoms with van der Waals surface area (Å²) in [5, 5.41) is 11.9. The molecule has 3 rings (SSSR count). The second kappa shape index (κ2) is 3.95. The summed E-state index contributed by atoms with van der Waals surface area (Å²) in [6.45, 7) is 1.89. The zero-order chi connectivity index (χ0) is 12.8. The van der Waals surface area contributed by atoms with Crippen LogP contribution in [0, 0.1) is 12.3 Å². The first kappa shape index (κ1) is 11.5. The lowest BCUT2D eigenvalue weighted by Gasteiger charge is -2.05. The van der Waals surface area contributed by atoms with Gasteiger partial charge in [-0.3, -0.25) is 4.79 Å². The van der Waals surface area contributed by atoms with Gasteiger partial charge in [0.25, 0.3) is 0 Å². The zero-order valence-electron chi connectivity index (χ0n) is 9.97. The maximum absolute atomic E-state index is 11.1. The van der Waals surface area contributed by atoms with Gasteiger partial charge in [0.2, 0.25) is 0 Å². The van der Waals surface area contributed by atoms with Crippen LogP contribution in [0.1, 0.15) is 23.6 Å². The summed E-state index contributed by atoms with van der Waals surface area (Å²) in [6, 6.07) is 3.78. The van der Waals surface area contributed by atoms with E-state index in [1.807, 2.05) is 24.4 Å². The van der Waals surface area contributed by atoms with Crippen molar-refractivity contribution in [2.24, 2.45) is 5.41 Å². The highest BCUT2D eigenvalue weighted by Gasteiger charge is 2.50. The molecule has 0 aliphatic heterocycles. The Labute approximate surface area is 108 Å². The van der Waals surface area contributed by atoms with Crippen LogP contribution in [0.15, 0.2) is 21.9 Å². The molecule has 1 N–H and O–H groups in total. The van der Waals surface area contributed by atoms with E-state index >= 15 is 0 Å². The molecule has 4 nitrogen and oxygen atoms in total. The molecule has 0 bridgehead atoms. The molecule has 1 aliphatic carbocycles. The normalized spacial score (nSPS) is 16.7. The summed E-state index contributed by atoms with van der Waals surface area (Å²) in [4.78, 5) is 15.6. The van der Waals surface area contributed by atoms with Crippen LogP contribution in [0.3, 0.4) is 0 Å². The Kier molecular flexibility index (Phi) is 2.52. The van der Waals surface area contributed by atoms with Gasteiger partial charge in [-0.2, -0.15) is 0 Å². The van der Waals surface area contributed by atoms with Gasteiger partial charge < -0.3 is 9.52 Å². The molecule has 5 heteroatoms. The molecular weight excluding hydrogens is 250 g/mol. The Bertz CT molecular complexity index is 595. The number of nitrogens with zero attached hydrogens (tertiary/aromatic N) is 1. The van der Waals surface area contributed by atoms with E-state index in [9.17, 15) is 4.79 Å². The minimum absolute atomic E-state index is 0.534. The maximum atomic E-state index is 11.1. The summed E-state index contributed by atoms with van der Waals surface area (Å²) >= 11 is 1.50. The van der Waals surface area contributed by atoms with Crippen molar-refractivity contribution in [3.05, 3.63) is 28.3 Å². The lowest BCUT2D eigenvalue weighted by atomic mass is 10.0. The number of aryl methyl sites for hydroxylation is 1. The molecule has 18 heavy (non-hydrogen) atoms. The molecule has 1 fully saturated rings. The summed E-state index contributed by atoms with van der Waals surface area (Å²) in [5.74, 6) is 0.895. The van der Waals surface area contributed by atoms with Gasteiger partial charge in [0, 0.05) is 11.8 Å². The zero-order valence-corrected chi connectivity index (χ0v) is 10.8. The number of furan rings is 1. The standard InChI is InChI=1S/C13H13NO3S/c1-8-2-3-10(17-8)9-7-18-11(14-9)6-13(4-5-13)12(15)16/h2-3,7H,4-6H2,1H3,(H,15,16). The average Bonchev–Trinajstić information content (AvgIpc) is 2.76. The van der Waals surface area contributed by atoms with Crippen molar-refractivity contribution in [3.8, 4) is 11.5 Å². The van der Waals surface area contributed by atoms with Gasteiger partial charge >= 0.3 is 5.97 Å². The smallest absolute Gasteiger partial charge is 0.310 e. The van der Waals surface area contributed by atoms with Gasteiger partial charge in [-0.25, -0.2) is 4.98 Å². The van der Waals surface area contributed by atoms with Gasteiger partial charge in [0.05, 0.1) is 10.4 Å². The number of aromatic nitrogens is 1. The van der Waals surface area contributed by atoms with Crippen LogP contribution in [-0.4, -0.2) is 16.1 Å². The van der Waals surface area contributed by atoms with Crippen molar-refractivity contribution in [2.45, 2.75) is 26.2 Å². The number of aliphatic carboxylic acids is 1. The monoisotopic (exact) mass is 263 g/mol. The molecule has 0 saturated heterocycles. The third-order valence-electron chi connectivity index (χ3n) is 3.34. The number of hydrogen-bond donors (Lipinski definition) is 1. The fraction of sp³-hybridized carbons (Fsp3) is 0.385. The molecule has 0 amide bonds. The van der Waals surface area contributed by atoms with Crippen molar-refractivity contribution in [3.63, 3.8) is 0 Å². The highest BCUT2D eigenvalue weighted by molar-refractivity contribution is 7.09. The van der Waals surface area contributed by atoms with Crippen molar-refractivity contribution >= 4 is 17.3 Å². The molecule has 0 atom stereocenters. The van der Waals surface area contributed by atoms with Crippen LogP contribution in [0.25, 0.3) is 11.5 Å². The number of hydrogen-bond acceptors (Lipinski definition) is 4. The fourth-order valence-corrected chi connectivity index (χ4v) is 2.91. The van der Waals surface area contributed by atoms with Gasteiger partial charge in [-0.15, -0.1) is 11.3 Å². The topological polar surface area (TPSA) is 63.3 Å². The lowest BCUT2D eigenvalue weighted by molar-refractivity contribution is -0.143. The van der Waals surface area contributed by atoms with E-state index in [-0.39, 0.29) is 0 Å². The molecule has 0 unspecified atom stereocenters. The number of carboxylic acids is 1. The molecule has 2 heterocycles. The Morgan fingerprint density at radius 2 is 2.33 bits per heavy atom. The summed E-state index contributed by atoms with van der Waals surface area (Å²) in [7, 11) is 0. The molecule has 1 aliphatic rings. The van der Waals surface area contributed by atoms with Gasteiger partial charge in [0.1, 0.15) is 11.5 Å². The predicted molar refractivity (Wildman–Crippen MR) is 67.6 cm³/mol. The number of carbonyl (C=O) groups is 1. The van der Waals surface area contributed by atoms with Gasteiger partial charge in [-0.1, -0.05) is 0 Å². The van der Waals surface area contributed by atoms with E-state index in [1.54, 1.807) is 0 Å². The largest absolute Gasteiger partial charge is 0.481 e. The van der Waals surface area contributed by atoms with Crippen LogP contribution in [-0.2, 0) is 11.2 Å². The van der Waals surface area contributed by atoms with E-state index in [0.29, 0.717) is 6.42 Å². The predicted octanol–water partition coefficient (Wildman–Crippen LogP) is 3.12. The SMILES string of the molecule is Cc1ccc(-c2csc(CC3(C(=O)O)CC3)n2)o1. The molecule has 2 aromatic rings. The van der Waals surface area contributed by atoms with Gasteiger partial charge in [0.15, 0.2) is 5.76 Å². The summed E-state index contributed by atoms with van der Waals surface area (Å²) in [6.07, 6.45) is 2.06. The highest BCUT2D eigenvalue weighted by atomic mass is 32.1. The molecule has 1 saturated carbocycles. The molecule has 94 valence electrons. The van der Waals surface area contributed by atoms with Crippen LogP contribution in [0.5, 0.6) is 0 Å². The minimum atomic E-state index is -0.701. The third kappa shape index (κ3) is 1.95. The van der Waals surface area contributed by atoms with E-state index in [4.69, 9.17) is 9.52 Å². The molecule has 0 spiro atoms. The van der Waals surface area contributed by atoms with Crippen LogP contribution < -0.4 is 0 Å². The first-order chi connectivity index (χ1) is 8.59. The maximum Gasteiger partial charge on any atom is 0.310 e. The lowest BCUT2D eigenvalue weighted by Crippen LogP contribution is -2.17. The van der Waals surface area contributed by atoms with Crippen molar-refractivity contribution in [1.82, 2.24) is 4.98 Å². The van der Waals surface area contributed by atoms with Crippen LogP contribution in [0.4, 0.5) is 0 Å². The van der Waals surface area contributed by atoms with Crippen molar-refractivity contribution < 1.29 is 14.3 Å². The van der Waals surface area contributed by atoms with Crippen molar-refractivity contribution in [2.75, 3.05) is 0 Å². The molecule has 0 aromatic carbocycles. The Morgan fingerprint density at radius 3 is 2.89 bits per heavy atom. The molecular formula is C13H13NO3S. The summed E-state index contributed by atoms with van der Waals surface area (Å²) in [5.41, 5.74) is 0.248. The minimum Gasteiger partial charge on any atom is -0.481 e. The quantitative estimate of drug-likeness (QED) is 0.920. The second-order valence-electron chi connectivity index (χ2n) is 4.80.